The lowest BCUT2D eigenvalue weighted by molar-refractivity contribution is 0.209. The fourth-order valence-electron chi connectivity index (χ4n) is 3.16. The number of piperidine rings is 1. The van der Waals surface area contributed by atoms with Crippen LogP contribution >= 0.6 is 0 Å². The van der Waals surface area contributed by atoms with Crippen LogP contribution in [0.4, 0.5) is 4.79 Å². The lowest BCUT2D eigenvalue weighted by Gasteiger charge is -2.30. The highest BCUT2D eigenvalue weighted by atomic mass is 16.2. The molecular formula is C16H24N4O. The van der Waals surface area contributed by atoms with Crippen molar-refractivity contribution >= 4 is 6.03 Å². The number of hydrogen-bond acceptors (Lipinski definition) is 3. The van der Waals surface area contributed by atoms with Gasteiger partial charge in [-0.2, -0.15) is 0 Å². The minimum atomic E-state index is -0.0612. The molecule has 0 bridgehead atoms. The molecule has 5 nitrogen and oxygen atoms in total. The van der Waals surface area contributed by atoms with E-state index in [2.05, 4.69) is 46.1 Å². The first-order chi connectivity index (χ1) is 10.2. The van der Waals surface area contributed by atoms with Crippen molar-refractivity contribution < 1.29 is 4.79 Å². The molecule has 3 N–H and O–H groups in total. The highest BCUT2D eigenvalue weighted by molar-refractivity contribution is 5.74. The summed E-state index contributed by atoms with van der Waals surface area (Å²) in [5.74, 6) is 0. The van der Waals surface area contributed by atoms with E-state index in [1.807, 2.05) is 0 Å². The van der Waals surface area contributed by atoms with Crippen LogP contribution in [0, 0.1) is 0 Å². The van der Waals surface area contributed by atoms with Crippen molar-refractivity contribution in [3.63, 3.8) is 0 Å². The van der Waals surface area contributed by atoms with Gasteiger partial charge >= 0.3 is 6.03 Å². The summed E-state index contributed by atoms with van der Waals surface area (Å²) < 4.78 is 0. The van der Waals surface area contributed by atoms with E-state index < -0.39 is 0 Å². The summed E-state index contributed by atoms with van der Waals surface area (Å²) in [6.07, 6.45) is 2.22. The molecule has 0 aromatic heterocycles. The minimum absolute atomic E-state index is 0.0612. The molecule has 0 saturated carbocycles. The number of hydrogen-bond donors (Lipinski definition) is 3. The average Bonchev–Trinajstić information content (AvgIpc) is 2.92. The Morgan fingerprint density at radius 3 is 3.10 bits per heavy atom. The molecule has 5 heteroatoms. The molecule has 21 heavy (non-hydrogen) atoms. The van der Waals surface area contributed by atoms with Gasteiger partial charge in [-0.3, -0.25) is 0 Å². The van der Waals surface area contributed by atoms with Gasteiger partial charge < -0.3 is 20.9 Å². The second-order valence-corrected chi connectivity index (χ2v) is 6.14. The van der Waals surface area contributed by atoms with Crippen LogP contribution in [-0.2, 0) is 19.6 Å². The Morgan fingerprint density at radius 2 is 2.24 bits per heavy atom. The number of benzene rings is 1. The molecule has 0 spiro atoms. The van der Waals surface area contributed by atoms with Crippen molar-refractivity contribution in [2.75, 3.05) is 20.1 Å². The van der Waals surface area contributed by atoms with Crippen LogP contribution in [0.2, 0.25) is 0 Å². The summed E-state index contributed by atoms with van der Waals surface area (Å²) in [4.78, 5) is 14.2. The van der Waals surface area contributed by atoms with E-state index in [1.54, 1.807) is 0 Å². The summed E-state index contributed by atoms with van der Waals surface area (Å²) in [5.41, 5.74) is 3.88. The third-order valence-electron chi connectivity index (χ3n) is 4.31. The highest BCUT2D eigenvalue weighted by Crippen LogP contribution is 2.16. The summed E-state index contributed by atoms with van der Waals surface area (Å²) in [7, 11) is 2.10. The van der Waals surface area contributed by atoms with Crippen LogP contribution in [-0.4, -0.2) is 37.1 Å². The predicted molar refractivity (Wildman–Crippen MR) is 82.9 cm³/mol. The zero-order chi connectivity index (χ0) is 14.7. The lowest BCUT2D eigenvalue weighted by Crippen LogP contribution is -2.49. The SMILES string of the molecule is CN1CCCC(NC(=O)NCc2ccc3c(c2)CNC3)C1. The fourth-order valence-corrected chi connectivity index (χ4v) is 3.16. The monoisotopic (exact) mass is 288 g/mol. The minimum Gasteiger partial charge on any atom is -0.334 e. The molecule has 3 rings (SSSR count). The maximum Gasteiger partial charge on any atom is 0.315 e. The fraction of sp³-hybridized carbons (Fsp3) is 0.562. The number of fused-ring (bicyclic) bond motifs is 1. The van der Waals surface area contributed by atoms with Gasteiger partial charge in [0.2, 0.25) is 0 Å². The van der Waals surface area contributed by atoms with E-state index in [9.17, 15) is 4.79 Å². The molecule has 1 fully saturated rings. The van der Waals surface area contributed by atoms with Gasteiger partial charge in [-0.25, -0.2) is 4.79 Å². The quantitative estimate of drug-likeness (QED) is 0.783. The Kier molecular flexibility index (Phi) is 4.41. The van der Waals surface area contributed by atoms with Crippen molar-refractivity contribution in [2.24, 2.45) is 0 Å². The Morgan fingerprint density at radius 1 is 1.38 bits per heavy atom. The zero-order valence-corrected chi connectivity index (χ0v) is 12.6. The average molecular weight is 288 g/mol. The molecule has 0 radical (unpaired) electrons. The molecule has 2 aliphatic rings. The Hall–Kier alpha value is -1.59. The summed E-state index contributed by atoms with van der Waals surface area (Å²) in [6.45, 7) is 4.55. The highest BCUT2D eigenvalue weighted by Gasteiger charge is 2.18. The van der Waals surface area contributed by atoms with Crippen LogP contribution in [0.15, 0.2) is 18.2 Å². The van der Waals surface area contributed by atoms with Crippen molar-refractivity contribution in [3.8, 4) is 0 Å². The number of carbonyl (C=O) groups excluding carboxylic acids is 1. The Labute approximate surface area is 126 Å². The second-order valence-electron chi connectivity index (χ2n) is 6.14. The van der Waals surface area contributed by atoms with Crippen LogP contribution in [0.25, 0.3) is 0 Å². The van der Waals surface area contributed by atoms with E-state index in [0.29, 0.717) is 6.54 Å². The van der Waals surface area contributed by atoms with E-state index in [4.69, 9.17) is 0 Å². The van der Waals surface area contributed by atoms with E-state index in [1.165, 1.54) is 11.1 Å². The molecule has 1 unspecified atom stereocenters. The molecule has 2 aliphatic heterocycles. The molecule has 1 saturated heterocycles. The van der Waals surface area contributed by atoms with Crippen molar-refractivity contribution in [1.82, 2.24) is 20.9 Å². The lowest BCUT2D eigenvalue weighted by atomic mass is 10.1. The van der Waals surface area contributed by atoms with Gasteiger partial charge in [-0.05, 0) is 43.1 Å². The maximum absolute atomic E-state index is 12.0. The number of nitrogens with one attached hydrogen (secondary N) is 3. The van der Waals surface area contributed by atoms with Gasteiger partial charge in [-0.15, -0.1) is 0 Å². The predicted octanol–water partition coefficient (Wildman–Crippen LogP) is 1.18. The molecule has 1 atom stereocenters. The summed E-state index contributed by atoms with van der Waals surface area (Å²) in [6, 6.07) is 6.65. The number of rotatable bonds is 3. The largest absolute Gasteiger partial charge is 0.334 e. The Bertz CT molecular complexity index is 517. The van der Waals surface area contributed by atoms with E-state index >= 15 is 0 Å². The number of urea groups is 1. The van der Waals surface area contributed by atoms with E-state index in [0.717, 1.165) is 44.6 Å². The number of nitrogens with zero attached hydrogens (tertiary/aromatic N) is 1. The van der Waals surface area contributed by atoms with Gasteiger partial charge in [0.1, 0.15) is 0 Å². The smallest absolute Gasteiger partial charge is 0.315 e. The topological polar surface area (TPSA) is 56.4 Å². The van der Waals surface area contributed by atoms with Crippen LogP contribution in [0.5, 0.6) is 0 Å². The third-order valence-corrected chi connectivity index (χ3v) is 4.31. The van der Waals surface area contributed by atoms with Crippen LogP contribution in [0.3, 0.4) is 0 Å². The molecule has 114 valence electrons. The first-order valence-electron chi connectivity index (χ1n) is 7.75. The number of amides is 2. The molecular weight excluding hydrogens is 264 g/mol. The normalized spacial score (nSPS) is 21.9. The van der Waals surface area contributed by atoms with Crippen LogP contribution in [0.1, 0.15) is 29.5 Å². The molecule has 1 aromatic carbocycles. The Balaban J connectivity index is 1.47. The first-order valence-corrected chi connectivity index (χ1v) is 7.75. The van der Waals surface area contributed by atoms with Crippen molar-refractivity contribution in [3.05, 3.63) is 34.9 Å². The molecule has 2 amide bonds. The van der Waals surface area contributed by atoms with Gasteiger partial charge in [0.25, 0.3) is 0 Å². The number of likely N-dealkylation sites (N-methyl/N-ethyl adjacent to an activating group) is 1. The van der Waals surface area contributed by atoms with Crippen LogP contribution < -0.4 is 16.0 Å². The van der Waals surface area contributed by atoms with E-state index in [-0.39, 0.29) is 12.1 Å². The first kappa shape index (κ1) is 14.4. The van der Waals surface area contributed by atoms with Gasteiger partial charge in [-0.1, -0.05) is 18.2 Å². The molecule has 2 heterocycles. The standard InChI is InChI=1S/C16H24N4O/c1-20-6-2-3-15(11-20)19-16(21)18-8-12-4-5-13-9-17-10-14(13)7-12/h4-5,7,15,17H,2-3,6,8-11H2,1H3,(H2,18,19,21). The number of carbonyl (C=O) groups is 1. The van der Waals surface area contributed by atoms with Gasteiger partial charge in [0, 0.05) is 32.2 Å². The summed E-state index contributed by atoms with van der Waals surface area (Å²) >= 11 is 0. The van der Waals surface area contributed by atoms with Crippen molar-refractivity contribution in [2.45, 2.75) is 38.5 Å². The van der Waals surface area contributed by atoms with Gasteiger partial charge in [0.05, 0.1) is 0 Å². The third kappa shape index (κ3) is 3.74. The second kappa shape index (κ2) is 6.45. The zero-order valence-electron chi connectivity index (χ0n) is 12.6. The molecule has 1 aromatic rings. The summed E-state index contributed by atoms with van der Waals surface area (Å²) in [5, 5.41) is 9.36. The molecule has 0 aliphatic carbocycles. The number of likely N-dealkylation sites (tertiary alicyclic amines) is 1. The maximum atomic E-state index is 12.0. The van der Waals surface area contributed by atoms with Gasteiger partial charge in [0.15, 0.2) is 0 Å². The van der Waals surface area contributed by atoms with Crippen molar-refractivity contribution in [1.29, 1.82) is 0 Å².